The second kappa shape index (κ2) is 3.33. The highest BCUT2D eigenvalue weighted by atomic mass is 16.5. The molecule has 0 aromatic heterocycles. The molecule has 0 spiro atoms. The number of aliphatic carboxylic acids is 1. The summed E-state index contributed by atoms with van der Waals surface area (Å²) in [7, 11) is 0. The predicted octanol–water partition coefficient (Wildman–Crippen LogP) is 1.88. The van der Waals surface area contributed by atoms with Gasteiger partial charge in [-0.1, -0.05) is 25.1 Å². The molecule has 1 heterocycles. The van der Waals surface area contributed by atoms with Crippen molar-refractivity contribution in [2.75, 3.05) is 6.61 Å². The molecule has 0 saturated heterocycles. The number of rotatable bonds is 2. The Morgan fingerprint density at radius 3 is 3.00 bits per heavy atom. The molecule has 0 saturated carbocycles. The molecule has 3 heteroatoms. The maximum atomic E-state index is 10.8. The molecule has 1 aromatic rings. The van der Waals surface area contributed by atoms with Crippen LogP contribution in [0.5, 0.6) is 5.75 Å². The van der Waals surface area contributed by atoms with E-state index in [1.54, 1.807) is 6.92 Å². The molecule has 3 nitrogen and oxygen atoms in total. The van der Waals surface area contributed by atoms with Crippen molar-refractivity contribution >= 4 is 5.97 Å². The Kier molecular flexibility index (Phi) is 2.15. The molecular formula is C11H12O3. The number of carboxylic acids is 1. The van der Waals surface area contributed by atoms with Gasteiger partial charge in [0.25, 0.3) is 0 Å². The van der Waals surface area contributed by atoms with Crippen molar-refractivity contribution in [2.45, 2.75) is 12.8 Å². The van der Waals surface area contributed by atoms with Crippen LogP contribution in [-0.2, 0) is 4.79 Å². The lowest BCUT2D eigenvalue weighted by Gasteiger charge is -2.12. The minimum atomic E-state index is -0.768. The summed E-state index contributed by atoms with van der Waals surface area (Å²) in [4.78, 5) is 10.8. The van der Waals surface area contributed by atoms with Gasteiger partial charge < -0.3 is 9.84 Å². The third kappa shape index (κ3) is 1.35. The SMILES string of the molecule is CC(C(=O)O)C1COc2ccccc21. The zero-order valence-electron chi connectivity index (χ0n) is 7.93. The Bertz CT molecular complexity index is 359. The maximum absolute atomic E-state index is 10.8. The molecule has 2 rings (SSSR count). The highest BCUT2D eigenvalue weighted by Gasteiger charge is 2.32. The zero-order valence-corrected chi connectivity index (χ0v) is 7.93. The Hall–Kier alpha value is -1.51. The smallest absolute Gasteiger partial charge is 0.306 e. The van der Waals surface area contributed by atoms with E-state index in [0.717, 1.165) is 11.3 Å². The van der Waals surface area contributed by atoms with Gasteiger partial charge in [0, 0.05) is 11.5 Å². The lowest BCUT2D eigenvalue weighted by atomic mass is 9.89. The molecule has 0 amide bonds. The van der Waals surface area contributed by atoms with E-state index in [1.165, 1.54) is 0 Å². The zero-order chi connectivity index (χ0) is 10.1. The lowest BCUT2D eigenvalue weighted by molar-refractivity contribution is -0.142. The fourth-order valence-corrected chi connectivity index (χ4v) is 1.77. The van der Waals surface area contributed by atoms with E-state index < -0.39 is 11.9 Å². The third-order valence-electron chi connectivity index (χ3n) is 2.73. The molecule has 1 aromatic carbocycles. The third-order valence-corrected chi connectivity index (χ3v) is 2.73. The van der Waals surface area contributed by atoms with Crippen molar-refractivity contribution in [3.8, 4) is 5.75 Å². The summed E-state index contributed by atoms with van der Waals surface area (Å²) in [5, 5.41) is 8.91. The van der Waals surface area contributed by atoms with Gasteiger partial charge in [0.1, 0.15) is 5.75 Å². The maximum Gasteiger partial charge on any atom is 0.306 e. The van der Waals surface area contributed by atoms with Crippen LogP contribution in [0.4, 0.5) is 0 Å². The molecule has 1 N–H and O–H groups in total. The summed E-state index contributed by atoms with van der Waals surface area (Å²) in [6, 6.07) is 7.62. The molecule has 2 atom stereocenters. The molecule has 0 aliphatic carbocycles. The first-order valence-corrected chi connectivity index (χ1v) is 4.64. The van der Waals surface area contributed by atoms with Crippen LogP contribution >= 0.6 is 0 Å². The van der Waals surface area contributed by atoms with Gasteiger partial charge >= 0.3 is 5.97 Å². The minimum Gasteiger partial charge on any atom is -0.493 e. The van der Waals surface area contributed by atoms with Gasteiger partial charge in [-0.05, 0) is 6.07 Å². The largest absolute Gasteiger partial charge is 0.493 e. The summed E-state index contributed by atoms with van der Waals surface area (Å²) >= 11 is 0. The van der Waals surface area contributed by atoms with Gasteiger partial charge in [-0.25, -0.2) is 0 Å². The average Bonchev–Trinajstić information content (AvgIpc) is 2.60. The Morgan fingerprint density at radius 2 is 2.29 bits per heavy atom. The number of hydrogen-bond acceptors (Lipinski definition) is 2. The van der Waals surface area contributed by atoms with E-state index in [0.29, 0.717) is 6.61 Å². The molecule has 0 fully saturated rings. The van der Waals surface area contributed by atoms with Gasteiger partial charge in [-0.2, -0.15) is 0 Å². The van der Waals surface area contributed by atoms with Crippen LogP contribution in [0.15, 0.2) is 24.3 Å². The van der Waals surface area contributed by atoms with Crippen molar-refractivity contribution in [3.05, 3.63) is 29.8 Å². The van der Waals surface area contributed by atoms with Crippen molar-refractivity contribution in [1.82, 2.24) is 0 Å². The van der Waals surface area contributed by atoms with E-state index in [4.69, 9.17) is 9.84 Å². The summed E-state index contributed by atoms with van der Waals surface area (Å²) < 4.78 is 5.42. The van der Waals surface area contributed by atoms with Crippen LogP contribution in [0.25, 0.3) is 0 Å². The van der Waals surface area contributed by atoms with Crippen molar-refractivity contribution in [3.63, 3.8) is 0 Å². The number of para-hydroxylation sites is 1. The monoisotopic (exact) mass is 192 g/mol. The fraction of sp³-hybridized carbons (Fsp3) is 0.364. The molecule has 0 radical (unpaired) electrons. The first-order chi connectivity index (χ1) is 6.70. The van der Waals surface area contributed by atoms with Gasteiger partial charge in [-0.15, -0.1) is 0 Å². The van der Waals surface area contributed by atoms with Gasteiger partial charge in [0.2, 0.25) is 0 Å². The second-order valence-electron chi connectivity index (χ2n) is 3.58. The van der Waals surface area contributed by atoms with E-state index in [9.17, 15) is 4.79 Å². The van der Waals surface area contributed by atoms with Crippen LogP contribution in [0.3, 0.4) is 0 Å². The molecule has 1 aliphatic rings. The molecular weight excluding hydrogens is 180 g/mol. The Labute approximate surface area is 82.3 Å². The average molecular weight is 192 g/mol. The van der Waals surface area contributed by atoms with Crippen LogP contribution in [0.1, 0.15) is 18.4 Å². The number of carboxylic acid groups (broad SMARTS) is 1. The van der Waals surface area contributed by atoms with Gasteiger partial charge in [0.15, 0.2) is 0 Å². The van der Waals surface area contributed by atoms with Gasteiger partial charge in [0.05, 0.1) is 12.5 Å². The van der Waals surface area contributed by atoms with E-state index in [1.807, 2.05) is 24.3 Å². The van der Waals surface area contributed by atoms with Crippen LogP contribution in [0.2, 0.25) is 0 Å². The van der Waals surface area contributed by atoms with Crippen molar-refractivity contribution in [2.24, 2.45) is 5.92 Å². The fourth-order valence-electron chi connectivity index (χ4n) is 1.77. The van der Waals surface area contributed by atoms with Gasteiger partial charge in [-0.3, -0.25) is 4.79 Å². The molecule has 0 bridgehead atoms. The molecule has 1 aliphatic heterocycles. The molecule has 2 unspecified atom stereocenters. The number of hydrogen-bond donors (Lipinski definition) is 1. The summed E-state index contributed by atoms with van der Waals surface area (Å²) in [6.07, 6.45) is 0. The van der Waals surface area contributed by atoms with Crippen molar-refractivity contribution < 1.29 is 14.6 Å². The van der Waals surface area contributed by atoms with Crippen molar-refractivity contribution in [1.29, 1.82) is 0 Å². The quantitative estimate of drug-likeness (QED) is 0.778. The van der Waals surface area contributed by atoms with E-state index in [2.05, 4.69) is 0 Å². The molecule has 14 heavy (non-hydrogen) atoms. The number of carbonyl (C=O) groups is 1. The highest BCUT2D eigenvalue weighted by Crippen LogP contribution is 2.37. The minimum absolute atomic E-state index is 0.0105. The second-order valence-corrected chi connectivity index (χ2v) is 3.58. The summed E-state index contributed by atoms with van der Waals surface area (Å²) in [5.74, 6) is -0.344. The number of benzene rings is 1. The van der Waals surface area contributed by atoms with Crippen LogP contribution < -0.4 is 4.74 Å². The van der Waals surface area contributed by atoms with Crippen LogP contribution in [-0.4, -0.2) is 17.7 Å². The first-order valence-electron chi connectivity index (χ1n) is 4.64. The highest BCUT2D eigenvalue weighted by molar-refractivity contribution is 5.71. The summed E-state index contributed by atoms with van der Waals surface area (Å²) in [6.45, 7) is 2.20. The summed E-state index contributed by atoms with van der Waals surface area (Å²) in [5.41, 5.74) is 1.02. The van der Waals surface area contributed by atoms with E-state index in [-0.39, 0.29) is 5.92 Å². The Balaban J connectivity index is 2.30. The Morgan fingerprint density at radius 1 is 1.57 bits per heavy atom. The standard InChI is InChI=1S/C11H12O3/c1-7(11(12)13)9-6-14-10-5-3-2-4-8(9)10/h2-5,7,9H,6H2,1H3,(H,12,13). The predicted molar refractivity (Wildman–Crippen MR) is 51.5 cm³/mol. The number of fused-ring (bicyclic) bond motifs is 1. The van der Waals surface area contributed by atoms with E-state index >= 15 is 0 Å². The molecule has 74 valence electrons. The normalized spacial score (nSPS) is 21.1. The number of ether oxygens (including phenoxy) is 1. The van der Waals surface area contributed by atoms with Crippen LogP contribution in [0, 0.1) is 5.92 Å². The lowest BCUT2D eigenvalue weighted by Crippen LogP contribution is -2.19. The topological polar surface area (TPSA) is 46.5 Å². The first kappa shape index (κ1) is 9.06.